The molecule has 154 valence electrons. The minimum atomic E-state index is -0.594. The van der Waals surface area contributed by atoms with Crippen molar-refractivity contribution in [2.24, 2.45) is 11.7 Å². The first-order valence-corrected chi connectivity index (χ1v) is 9.51. The molecule has 0 fully saturated rings. The van der Waals surface area contributed by atoms with Crippen molar-refractivity contribution >= 4 is 46.9 Å². The first kappa shape index (κ1) is 23.9. The first-order chi connectivity index (χ1) is 13.1. The minimum absolute atomic E-state index is 0.0213. The van der Waals surface area contributed by atoms with Crippen molar-refractivity contribution in [3.63, 3.8) is 0 Å². The van der Waals surface area contributed by atoms with Gasteiger partial charge in [0.2, 0.25) is 23.7 Å². The minimum Gasteiger partial charge on any atom is -0.355 e. The highest BCUT2D eigenvalue weighted by atomic mass is 35.5. The smallest absolute Gasteiger partial charge is 0.237 e. The molecule has 0 bridgehead atoms. The van der Waals surface area contributed by atoms with Crippen molar-refractivity contribution in [2.45, 2.75) is 39.2 Å². The fourth-order valence-corrected chi connectivity index (χ4v) is 2.69. The van der Waals surface area contributed by atoms with E-state index >= 15 is 0 Å². The second-order valence-electron chi connectivity index (χ2n) is 6.51. The average molecular weight is 430 g/mol. The number of hydrogen-bond acceptors (Lipinski definition) is 5. The van der Waals surface area contributed by atoms with Gasteiger partial charge in [-0.15, -0.1) is 0 Å². The second kappa shape index (κ2) is 11.6. The van der Waals surface area contributed by atoms with Gasteiger partial charge in [0.1, 0.15) is 0 Å². The Labute approximate surface area is 174 Å². The van der Waals surface area contributed by atoms with Crippen molar-refractivity contribution in [2.75, 3.05) is 6.54 Å². The molecule has 1 aromatic rings. The van der Waals surface area contributed by atoms with Gasteiger partial charge in [0.05, 0.1) is 12.5 Å². The quantitative estimate of drug-likeness (QED) is 0.243. The monoisotopic (exact) mass is 429 g/mol. The zero-order chi connectivity index (χ0) is 21.3. The number of amides is 3. The molecule has 10 heteroatoms. The summed E-state index contributed by atoms with van der Waals surface area (Å²) in [6.07, 6.45) is 0.323. The van der Waals surface area contributed by atoms with E-state index in [-0.39, 0.29) is 31.2 Å². The Balaban J connectivity index is 2.32. The second-order valence-corrected chi connectivity index (χ2v) is 7.33. The topological polar surface area (TPSA) is 137 Å². The Morgan fingerprint density at radius 2 is 1.68 bits per heavy atom. The lowest BCUT2D eigenvalue weighted by Gasteiger charge is -2.15. The number of halogens is 2. The number of guanidine groups is 1. The highest BCUT2D eigenvalue weighted by molar-refractivity contribution is 6.36. The van der Waals surface area contributed by atoms with Crippen LogP contribution in [0.25, 0.3) is 0 Å². The zero-order valence-electron chi connectivity index (χ0n) is 15.8. The molecule has 6 N–H and O–H groups in total. The van der Waals surface area contributed by atoms with Crippen LogP contribution >= 0.6 is 23.2 Å². The molecular weight excluding hydrogens is 405 g/mol. The zero-order valence-corrected chi connectivity index (χ0v) is 17.3. The number of nitrogens with two attached hydrogens (primary N) is 1. The van der Waals surface area contributed by atoms with Crippen LogP contribution in [0.5, 0.6) is 0 Å². The van der Waals surface area contributed by atoms with Gasteiger partial charge in [-0.3, -0.25) is 30.4 Å². The lowest BCUT2D eigenvalue weighted by atomic mass is 10.1. The lowest BCUT2D eigenvalue weighted by Crippen LogP contribution is -2.45. The van der Waals surface area contributed by atoms with E-state index in [1.54, 1.807) is 18.2 Å². The molecule has 0 aromatic heterocycles. The van der Waals surface area contributed by atoms with Gasteiger partial charge in [-0.2, -0.15) is 0 Å². The first-order valence-electron chi connectivity index (χ1n) is 8.76. The van der Waals surface area contributed by atoms with Crippen LogP contribution in [0.2, 0.25) is 10.0 Å². The molecular formula is C18H25Cl2N5O3. The van der Waals surface area contributed by atoms with Crippen LogP contribution in [-0.4, -0.2) is 36.3 Å². The van der Waals surface area contributed by atoms with E-state index in [1.165, 1.54) is 0 Å². The Morgan fingerprint density at radius 1 is 1.11 bits per heavy atom. The van der Waals surface area contributed by atoms with Crippen molar-refractivity contribution in [3.8, 4) is 0 Å². The Bertz CT molecular complexity index is 720. The maximum Gasteiger partial charge on any atom is 0.237 e. The summed E-state index contributed by atoms with van der Waals surface area (Å²) in [5.74, 6) is -1.68. The maximum absolute atomic E-state index is 12.0. The van der Waals surface area contributed by atoms with Crippen LogP contribution in [0, 0.1) is 11.3 Å². The number of carbonyl (C=O) groups excluding carboxylic acids is 3. The number of nitrogens with one attached hydrogen (secondary N) is 4. The molecule has 28 heavy (non-hydrogen) atoms. The normalized spacial score (nSPS) is 11.6. The van der Waals surface area contributed by atoms with Crippen molar-refractivity contribution in [1.29, 1.82) is 5.41 Å². The van der Waals surface area contributed by atoms with Crippen LogP contribution in [0.15, 0.2) is 18.2 Å². The van der Waals surface area contributed by atoms with E-state index in [9.17, 15) is 14.4 Å². The van der Waals surface area contributed by atoms with Crippen LogP contribution in [0.3, 0.4) is 0 Å². The molecule has 1 atom stereocenters. The van der Waals surface area contributed by atoms with Crippen molar-refractivity contribution in [1.82, 2.24) is 16.0 Å². The molecule has 0 radical (unpaired) electrons. The highest BCUT2D eigenvalue weighted by Crippen LogP contribution is 2.24. The molecule has 1 rings (SSSR count). The van der Waals surface area contributed by atoms with Gasteiger partial charge in [-0.1, -0.05) is 43.1 Å². The number of hydrogen-bond donors (Lipinski definition) is 5. The molecule has 3 amide bonds. The summed E-state index contributed by atoms with van der Waals surface area (Å²) in [4.78, 5) is 35.5. The van der Waals surface area contributed by atoms with Crippen LogP contribution in [-0.2, 0) is 20.8 Å². The molecule has 0 spiro atoms. The maximum atomic E-state index is 12.0. The van der Waals surface area contributed by atoms with Crippen molar-refractivity contribution in [3.05, 3.63) is 33.8 Å². The third kappa shape index (κ3) is 8.24. The standard InChI is InChI=1S/C18H25Cl2N5O3/c1-10(2)16(21)17(28)23-8-4-7-14(26)24-18(22)25-15(27)9-11-12(19)5-3-6-13(11)20/h3,5-6,10,16H,4,7-9,21H2,1-2H3,(H,23,28)(H3,22,24,25,26,27)/t16-/m1/s1. The van der Waals surface area contributed by atoms with Crippen LogP contribution < -0.4 is 21.7 Å². The summed E-state index contributed by atoms with van der Waals surface area (Å²) in [5, 5.41) is 15.5. The van der Waals surface area contributed by atoms with Gasteiger partial charge in [0.15, 0.2) is 0 Å². The molecule has 0 saturated heterocycles. The van der Waals surface area contributed by atoms with Gasteiger partial charge in [-0.05, 0) is 30.0 Å². The van der Waals surface area contributed by atoms with Gasteiger partial charge in [0, 0.05) is 23.0 Å². The summed E-state index contributed by atoms with van der Waals surface area (Å²) < 4.78 is 0. The fraction of sp³-hybridized carbons (Fsp3) is 0.444. The van der Waals surface area contributed by atoms with Gasteiger partial charge in [0.25, 0.3) is 0 Å². The van der Waals surface area contributed by atoms with Gasteiger partial charge >= 0.3 is 0 Å². The van der Waals surface area contributed by atoms with E-state index in [4.69, 9.17) is 34.3 Å². The predicted molar refractivity (Wildman–Crippen MR) is 109 cm³/mol. The molecule has 0 heterocycles. The number of benzene rings is 1. The summed E-state index contributed by atoms with van der Waals surface area (Å²) >= 11 is 12.0. The average Bonchev–Trinajstić information content (AvgIpc) is 2.60. The predicted octanol–water partition coefficient (Wildman–Crippen LogP) is 1.58. The molecule has 0 aliphatic carbocycles. The molecule has 0 aliphatic rings. The van der Waals surface area contributed by atoms with E-state index in [1.807, 2.05) is 13.8 Å². The summed E-state index contributed by atoms with van der Waals surface area (Å²) in [6.45, 7) is 3.98. The Morgan fingerprint density at radius 3 is 2.25 bits per heavy atom. The van der Waals surface area contributed by atoms with Gasteiger partial charge in [-0.25, -0.2) is 0 Å². The van der Waals surface area contributed by atoms with Crippen molar-refractivity contribution < 1.29 is 14.4 Å². The Kier molecular flexibility index (Phi) is 9.92. The molecule has 0 aliphatic heterocycles. The molecule has 8 nitrogen and oxygen atoms in total. The summed E-state index contributed by atoms with van der Waals surface area (Å²) in [6, 6.07) is 4.28. The molecule has 0 saturated carbocycles. The van der Waals surface area contributed by atoms with Crippen LogP contribution in [0.4, 0.5) is 0 Å². The molecule has 1 aromatic carbocycles. The third-order valence-electron chi connectivity index (χ3n) is 3.83. The summed E-state index contributed by atoms with van der Waals surface area (Å²) in [5.41, 5.74) is 6.15. The third-order valence-corrected chi connectivity index (χ3v) is 4.54. The SMILES string of the molecule is CC(C)[C@@H](N)C(=O)NCCCC(=O)NC(=N)NC(=O)Cc1c(Cl)cccc1Cl. The van der Waals surface area contributed by atoms with E-state index < -0.39 is 23.8 Å². The lowest BCUT2D eigenvalue weighted by molar-refractivity contribution is -0.124. The molecule has 0 unspecified atom stereocenters. The van der Waals surface area contributed by atoms with Crippen LogP contribution in [0.1, 0.15) is 32.3 Å². The number of rotatable bonds is 8. The summed E-state index contributed by atoms with van der Waals surface area (Å²) in [7, 11) is 0. The van der Waals surface area contributed by atoms with E-state index in [2.05, 4.69) is 16.0 Å². The number of carbonyl (C=O) groups is 3. The largest absolute Gasteiger partial charge is 0.355 e. The highest BCUT2D eigenvalue weighted by Gasteiger charge is 2.17. The Hall–Kier alpha value is -2.16. The van der Waals surface area contributed by atoms with E-state index in [0.29, 0.717) is 22.0 Å². The van der Waals surface area contributed by atoms with Gasteiger partial charge < -0.3 is 11.1 Å². The van der Waals surface area contributed by atoms with E-state index in [0.717, 1.165) is 0 Å². The fourth-order valence-electron chi connectivity index (χ4n) is 2.16.